The van der Waals surface area contributed by atoms with E-state index in [-0.39, 0.29) is 18.6 Å². The Bertz CT molecular complexity index is 2900. The maximum atomic E-state index is 13.9. The summed E-state index contributed by atoms with van der Waals surface area (Å²) in [7, 11) is 0. The molecule has 9 rings (SSSR count). The number of ether oxygens (including phenoxy) is 2. The van der Waals surface area contributed by atoms with Crippen LogP contribution in [0.4, 0.5) is 13.2 Å². The zero-order chi connectivity index (χ0) is 45.3. The second kappa shape index (κ2) is 15.7. The van der Waals surface area contributed by atoms with Crippen LogP contribution in [0.5, 0.6) is 0 Å². The van der Waals surface area contributed by atoms with E-state index in [1.54, 1.807) is 6.07 Å². The molecule has 0 bridgehead atoms. The smallest absolute Gasteiger partial charge is 0.416 e. The van der Waals surface area contributed by atoms with Gasteiger partial charge in [0.15, 0.2) is 0 Å². The molecule has 3 aliphatic rings. The molecule has 0 aromatic heterocycles. The summed E-state index contributed by atoms with van der Waals surface area (Å²) >= 11 is 0. The number of esters is 2. The number of benzene rings is 6. The van der Waals surface area contributed by atoms with E-state index in [0.29, 0.717) is 31.2 Å². The Balaban J connectivity index is 1.16. The van der Waals surface area contributed by atoms with Crippen molar-refractivity contribution in [1.29, 1.82) is 0 Å². The summed E-state index contributed by atoms with van der Waals surface area (Å²) in [6.07, 6.45) is 0.312. The summed E-state index contributed by atoms with van der Waals surface area (Å²) in [4.78, 5) is 24.4. The second-order valence-corrected chi connectivity index (χ2v) is 18.6. The fourth-order valence-corrected chi connectivity index (χ4v) is 10.9. The zero-order valence-corrected chi connectivity index (χ0v) is 37.0. The second-order valence-electron chi connectivity index (χ2n) is 18.6. The lowest BCUT2D eigenvalue weighted by Gasteiger charge is -2.33. The molecule has 324 valence electrons. The van der Waals surface area contributed by atoms with Gasteiger partial charge in [0, 0.05) is 28.4 Å². The van der Waals surface area contributed by atoms with Gasteiger partial charge in [-0.05, 0) is 158 Å². The molecular formula is C57H51F3O4. The van der Waals surface area contributed by atoms with Gasteiger partial charge in [0.05, 0.1) is 18.8 Å². The van der Waals surface area contributed by atoms with Crippen LogP contribution in [0.1, 0.15) is 97.9 Å². The van der Waals surface area contributed by atoms with Crippen molar-refractivity contribution in [3.8, 4) is 55.6 Å². The highest BCUT2D eigenvalue weighted by Crippen LogP contribution is 2.57. The highest BCUT2D eigenvalue weighted by Gasteiger charge is 2.44. The van der Waals surface area contributed by atoms with E-state index < -0.39 is 34.5 Å². The third-order valence-electron chi connectivity index (χ3n) is 14.2. The Morgan fingerprint density at radius 3 is 1.27 bits per heavy atom. The molecule has 0 unspecified atom stereocenters. The average Bonchev–Trinajstić information content (AvgIpc) is 3.78. The summed E-state index contributed by atoms with van der Waals surface area (Å²) in [5, 5.41) is 0. The minimum absolute atomic E-state index is 0.173. The van der Waals surface area contributed by atoms with E-state index in [1.165, 1.54) is 52.1 Å². The maximum absolute atomic E-state index is 13.9. The highest BCUT2D eigenvalue weighted by molar-refractivity contribution is 5.90. The van der Waals surface area contributed by atoms with Crippen molar-refractivity contribution >= 4 is 11.9 Å². The maximum Gasteiger partial charge on any atom is 0.416 e. The average molecular weight is 857 g/mol. The van der Waals surface area contributed by atoms with Crippen molar-refractivity contribution in [3.05, 3.63) is 179 Å². The Morgan fingerprint density at radius 2 is 0.859 bits per heavy atom. The number of aryl methyl sites for hydroxylation is 1. The molecule has 0 aliphatic heterocycles. The molecule has 0 N–H and O–H groups in total. The van der Waals surface area contributed by atoms with Crippen molar-refractivity contribution in [2.45, 2.75) is 82.7 Å². The molecule has 7 heteroatoms. The standard InChI is InChI=1S/C57H51F3O4/c1-8-52(61)63-26-10-24-56(25-11-27-64-53(62)9-2)50-31-37(35-13-19-41-40-18-12-34(3)28-46(40)54(4,5)47(41)29-35)15-21-44(50)45-22-16-38(32-51(45)56)36-14-20-42-43-23-17-39(57(58,59)60)33-49(43)55(6,7)48(42)30-36/h8-9,12-23,28-33H,1-2,10-11,24-27H2,3-7H3. The van der Waals surface area contributed by atoms with Gasteiger partial charge in [0.1, 0.15) is 0 Å². The Kier molecular flexibility index (Phi) is 10.5. The van der Waals surface area contributed by atoms with Crippen LogP contribution in [-0.4, -0.2) is 25.2 Å². The van der Waals surface area contributed by atoms with Crippen LogP contribution in [-0.2, 0) is 41.5 Å². The van der Waals surface area contributed by atoms with E-state index in [9.17, 15) is 22.8 Å². The van der Waals surface area contributed by atoms with Crippen LogP contribution >= 0.6 is 0 Å². The molecule has 0 radical (unpaired) electrons. The van der Waals surface area contributed by atoms with E-state index in [0.717, 1.165) is 61.2 Å². The van der Waals surface area contributed by atoms with Crippen LogP contribution < -0.4 is 0 Å². The minimum Gasteiger partial charge on any atom is -0.463 e. The predicted octanol–water partition coefficient (Wildman–Crippen LogP) is 14.2. The van der Waals surface area contributed by atoms with Gasteiger partial charge in [0.25, 0.3) is 0 Å². The molecule has 6 aromatic rings. The number of alkyl halides is 3. The fraction of sp³-hybridized carbons (Fsp3) is 0.263. The molecule has 0 heterocycles. The van der Waals surface area contributed by atoms with Crippen LogP contribution in [0.25, 0.3) is 55.6 Å². The number of rotatable bonds is 12. The van der Waals surface area contributed by atoms with E-state index >= 15 is 0 Å². The number of carbonyl (C=O) groups excluding carboxylic acids is 2. The lowest BCUT2D eigenvalue weighted by molar-refractivity contribution is -0.138. The normalized spacial score (nSPS) is 15.2. The highest BCUT2D eigenvalue weighted by atomic mass is 19.4. The van der Waals surface area contributed by atoms with Gasteiger partial charge in [-0.2, -0.15) is 13.2 Å². The van der Waals surface area contributed by atoms with Crippen molar-refractivity contribution in [1.82, 2.24) is 0 Å². The summed E-state index contributed by atoms with van der Waals surface area (Å²) < 4.78 is 52.7. The summed E-state index contributed by atoms with van der Waals surface area (Å²) in [6, 6.07) is 37.1. The minimum atomic E-state index is -4.44. The molecule has 3 aliphatic carbocycles. The first-order valence-corrected chi connectivity index (χ1v) is 22.0. The predicted molar refractivity (Wildman–Crippen MR) is 249 cm³/mol. The molecule has 0 fully saturated rings. The van der Waals surface area contributed by atoms with Crippen molar-refractivity contribution in [3.63, 3.8) is 0 Å². The molecule has 0 atom stereocenters. The van der Waals surface area contributed by atoms with Crippen LogP contribution in [0.2, 0.25) is 0 Å². The van der Waals surface area contributed by atoms with Crippen molar-refractivity contribution in [2.24, 2.45) is 0 Å². The summed E-state index contributed by atoms with van der Waals surface area (Å²) in [6.45, 7) is 18.3. The molecule has 0 spiro atoms. The quantitative estimate of drug-likeness (QED) is 0.0699. The topological polar surface area (TPSA) is 52.6 Å². The van der Waals surface area contributed by atoms with Gasteiger partial charge in [-0.1, -0.05) is 119 Å². The van der Waals surface area contributed by atoms with Crippen molar-refractivity contribution in [2.75, 3.05) is 13.2 Å². The van der Waals surface area contributed by atoms with E-state index in [2.05, 4.69) is 119 Å². The molecule has 64 heavy (non-hydrogen) atoms. The van der Waals surface area contributed by atoms with Gasteiger partial charge >= 0.3 is 18.1 Å². The summed E-state index contributed by atoms with van der Waals surface area (Å²) in [5.74, 6) is -0.953. The monoisotopic (exact) mass is 856 g/mol. The lowest BCUT2D eigenvalue weighted by atomic mass is 9.70. The van der Waals surface area contributed by atoms with Crippen LogP contribution in [0.15, 0.2) is 135 Å². The third-order valence-corrected chi connectivity index (χ3v) is 14.2. The Hall–Kier alpha value is -6.47. The number of carbonyl (C=O) groups is 2. The molecular weight excluding hydrogens is 806 g/mol. The number of halogens is 3. The third kappa shape index (κ3) is 7.01. The zero-order valence-electron chi connectivity index (χ0n) is 37.0. The fourth-order valence-electron chi connectivity index (χ4n) is 10.9. The number of fused-ring (bicyclic) bond motifs is 9. The van der Waals surface area contributed by atoms with Crippen LogP contribution in [0.3, 0.4) is 0 Å². The Labute approximate surface area is 373 Å². The first-order chi connectivity index (χ1) is 30.5. The SMILES string of the molecule is C=CC(=O)OCCCC1(CCCOC(=O)C=C)c2cc(-c3ccc4c(c3)C(C)(C)c3cc(C)ccc3-4)ccc2-c2ccc(-c3ccc4c(c3)C(C)(C)c3cc(C(F)(F)F)ccc3-4)cc21. The number of hydrogen-bond donors (Lipinski definition) is 0. The molecule has 4 nitrogen and oxygen atoms in total. The lowest BCUT2D eigenvalue weighted by Crippen LogP contribution is -2.27. The van der Waals surface area contributed by atoms with Gasteiger partial charge < -0.3 is 9.47 Å². The molecule has 0 saturated carbocycles. The van der Waals surface area contributed by atoms with Gasteiger partial charge in [-0.3, -0.25) is 0 Å². The molecule has 0 saturated heterocycles. The van der Waals surface area contributed by atoms with Gasteiger partial charge in [-0.15, -0.1) is 0 Å². The Morgan fingerprint density at radius 1 is 0.516 bits per heavy atom. The largest absolute Gasteiger partial charge is 0.463 e. The number of hydrogen-bond acceptors (Lipinski definition) is 4. The van der Waals surface area contributed by atoms with Gasteiger partial charge in [-0.25, -0.2) is 9.59 Å². The van der Waals surface area contributed by atoms with E-state index in [4.69, 9.17) is 9.47 Å². The molecule has 0 amide bonds. The molecule has 6 aromatic carbocycles. The first kappa shape index (κ1) is 42.8. The van der Waals surface area contributed by atoms with E-state index in [1.807, 2.05) is 19.9 Å². The van der Waals surface area contributed by atoms with Gasteiger partial charge in [0.2, 0.25) is 0 Å². The van der Waals surface area contributed by atoms with Crippen molar-refractivity contribution < 1.29 is 32.2 Å². The summed E-state index contributed by atoms with van der Waals surface area (Å²) in [5.41, 5.74) is 16.4. The first-order valence-electron chi connectivity index (χ1n) is 22.0. The van der Waals surface area contributed by atoms with Crippen LogP contribution in [0, 0.1) is 6.92 Å².